The van der Waals surface area contributed by atoms with E-state index in [1.54, 1.807) is 4.31 Å². The summed E-state index contributed by atoms with van der Waals surface area (Å²) in [4.78, 5) is 0. The van der Waals surface area contributed by atoms with Crippen LogP contribution in [0.4, 0.5) is 0 Å². The lowest BCUT2D eigenvalue weighted by Crippen LogP contribution is -2.43. The molecule has 112 valence electrons. The third-order valence-electron chi connectivity index (χ3n) is 3.87. The third kappa shape index (κ3) is 3.81. The van der Waals surface area contributed by atoms with Crippen LogP contribution in [0, 0.1) is 5.41 Å². The van der Waals surface area contributed by atoms with Crippen LogP contribution in [-0.4, -0.2) is 25.8 Å². The Balaban J connectivity index is 2.10. The van der Waals surface area contributed by atoms with Crippen molar-refractivity contribution in [2.24, 2.45) is 11.1 Å². The fraction of sp³-hybridized carbons (Fsp3) is 0.600. The van der Waals surface area contributed by atoms with Crippen LogP contribution in [0.2, 0.25) is 0 Å². The van der Waals surface area contributed by atoms with Gasteiger partial charge in [-0.3, -0.25) is 0 Å². The van der Waals surface area contributed by atoms with E-state index in [9.17, 15) is 8.42 Å². The lowest BCUT2D eigenvalue weighted by atomic mass is 9.85. The minimum atomic E-state index is -3.22. The zero-order chi connectivity index (χ0) is 14.8. The molecule has 1 aromatic rings. The van der Waals surface area contributed by atoms with E-state index in [2.05, 4.69) is 13.8 Å². The number of hydrogen-bond donors (Lipinski definition) is 1. The minimum Gasteiger partial charge on any atom is -0.326 e. The van der Waals surface area contributed by atoms with E-state index in [-0.39, 0.29) is 11.2 Å². The Kier molecular flexibility index (Phi) is 4.52. The molecule has 0 atom stereocenters. The van der Waals surface area contributed by atoms with Gasteiger partial charge in [-0.15, -0.1) is 0 Å². The van der Waals surface area contributed by atoms with E-state index in [4.69, 9.17) is 5.73 Å². The molecule has 0 amide bonds. The van der Waals surface area contributed by atoms with Gasteiger partial charge in [0, 0.05) is 19.6 Å². The van der Waals surface area contributed by atoms with Crippen molar-refractivity contribution >= 4 is 10.0 Å². The van der Waals surface area contributed by atoms with Crippen molar-refractivity contribution in [1.82, 2.24) is 4.31 Å². The summed E-state index contributed by atoms with van der Waals surface area (Å²) < 4.78 is 26.6. The molecular formula is C15H24N2O2S. The van der Waals surface area contributed by atoms with Crippen LogP contribution >= 0.6 is 0 Å². The Morgan fingerprint density at radius 1 is 1.20 bits per heavy atom. The number of piperidine rings is 1. The molecule has 1 aliphatic rings. The van der Waals surface area contributed by atoms with Crippen molar-refractivity contribution in [2.45, 2.75) is 39.0 Å². The Hall–Kier alpha value is -0.910. The molecule has 5 heteroatoms. The van der Waals surface area contributed by atoms with Crippen molar-refractivity contribution in [3.8, 4) is 0 Å². The number of hydrogen-bond acceptors (Lipinski definition) is 3. The van der Waals surface area contributed by atoms with Crippen molar-refractivity contribution in [3.63, 3.8) is 0 Å². The maximum atomic E-state index is 12.5. The standard InChI is InChI=1S/C15H24N2O2S/c1-15(2)8-3-9-17(12-15)20(18,19)11-14-6-4-13(10-16)5-7-14/h4-7H,3,8-12,16H2,1-2H3. The largest absolute Gasteiger partial charge is 0.326 e. The second kappa shape index (κ2) is 5.84. The van der Waals surface area contributed by atoms with E-state index in [1.165, 1.54) is 0 Å². The van der Waals surface area contributed by atoms with Gasteiger partial charge in [0.05, 0.1) is 5.75 Å². The molecule has 0 aliphatic carbocycles. The predicted molar refractivity (Wildman–Crippen MR) is 81.5 cm³/mol. The topological polar surface area (TPSA) is 63.4 Å². The summed E-state index contributed by atoms with van der Waals surface area (Å²) in [5.74, 6) is 0.0773. The number of benzene rings is 1. The van der Waals surface area contributed by atoms with Gasteiger partial charge in [-0.1, -0.05) is 38.1 Å². The Morgan fingerprint density at radius 3 is 2.35 bits per heavy atom. The highest BCUT2D eigenvalue weighted by atomic mass is 32.2. The van der Waals surface area contributed by atoms with Crippen molar-refractivity contribution in [2.75, 3.05) is 13.1 Å². The molecule has 0 saturated carbocycles. The molecule has 0 aromatic heterocycles. The average molecular weight is 296 g/mol. The van der Waals surface area contributed by atoms with Crippen LogP contribution in [-0.2, 0) is 22.3 Å². The molecule has 2 rings (SSSR count). The van der Waals surface area contributed by atoms with Gasteiger partial charge in [0.15, 0.2) is 0 Å². The molecule has 0 unspecified atom stereocenters. The monoisotopic (exact) mass is 296 g/mol. The highest BCUT2D eigenvalue weighted by molar-refractivity contribution is 7.88. The third-order valence-corrected chi connectivity index (χ3v) is 5.66. The van der Waals surface area contributed by atoms with E-state index >= 15 is 0 Å². The maximum absolute atomic E-state index is 12.5. The first kappa shape index (κ1) is 15.5. The first-order chi connectivity index (χ1) is 9.32. The molecule has 1 heterocycles. The molecule has 0 spiro atoms. The van der Waals surface area contributed by atoms with Crippen molar-refractivity contribution < 1.29 is 8.42 Å². The number of nitrogens with zero attached hydrogens (tertiary/aromatic N) is 1. The summed E-state index contributed by atoms with van der Waals surface area (Å²) in [6.07, 6.45) is 2.03. The Bertz CT molecular complexity index is 550. The van der Waals surface area contributed by atoms with Gasteiger partial charge in [0.2, 0.25) is 10.0 Å². The fourth-order valence-electron chi connectivity index (χ4n) is 2.68. The van der Waals surface area contributed by atoms with Crippen LogP contribution in [0.5, 0.6) is 0 Å². The van der Waals surface area contributed by atoms with Crippen LogP contribution in [0.1, 0.15) is 37.8 Å². The minimum absolute atomic E-state index is 0.0773. The van der Waals surface area contributed by atoms with Gasteiger partial charge in [-0.2, -0.15) is 0 Å². The van der Waals surface area contributed by atoms with Crippen molar-refractivity contribution in [3.05, 3.63) is 35.4 Å². The molecule has 0 radical (unpaired) electrons. The van der Waals surface area contributed by atoms with E-state index < -0.39 is 10.0 Å². The molecule has 1 aliphatic heterocycles. The molecule has 0 bridgehead atoms. The van der Waals surface area contributed by atoms with Gasteiger partial charge < -0.3 is 5.73 Å². The summed E-state index contributed by atoms with van der Waals surface area (Å²) in [7, 11) is -3.22. The second-order valence-corrected chi connectivity index (χ2v) is 8.35. The second-order valence-electron chi connectivity index (χ2n) is 6.38. The summed E-state index contributed by atoms with van der Waals surface area (Å²) in [6.45, 7) is 6.01. The zero-order valence-corrected chi connectivity index (χ0v) is 13.1. The van der Waals surface area contributed by atoms with Crippen LogP contribution in [0.25, 0.3) is 0 Å². The van der Waals surface area contributed by atoms with E-state index in [1.807, 2.05) is 24.3 Å². The normalized spacial score (nSPS) is 19.9. The van der Waals surface area contributed by atoms with Gasteiger partial charge in [-0.05, 0) is 29.4 Å². The number of sulfonamides is 1. The molecule has 1 saturated heterocycles. The molecular weight excluding hydrogens is 272 g/mol. The molecule has 2 N–H and O–H groups in total. The summed E-state index contributed by atoms with van der Waals surface area (Å²) in [5, 5.41) is 0. The molecule has 1 aromatic carbocycles. The quantitative estimate of drug-likeness (QED) is 0.925. The van der Waals surface area contributed by atoms with Gasteiger partial charge >= 0.3 is 0 Å². The molecule has 1 fully saturated rings. The van der Waals surface area contributed by atoms with Crippen LogP contribution < -0.4 is 5.73 Å². The van der Waals surface area contributed by atoms with Gasteiger partial charge in [0.25, 0.3) is 0 Å². The average Bonchev–Trinajstić information content (AvgIpc) is 2.38. The highest BCUT2D eigenvalue weighted by Crippen LogP contribution is 2.30. The van der Waals surface area contributed by atoms with Gasteiger partial charge in [-0.25, -0.2) is 12.7 Å². The summed E-state index contributed by atoms with van der Waals surface area (Å²) >= 11 is 0. The first-order valence-electron chi connectivity index (χ1n) is 7.08. The van der Waals surface area contributed by atoms with E-state index in [0.717, 1.165) is 24.0 Å². The maximum Gasteiger partial charge on any atom is 0.218 e. The Morgan fingerprint density at radius 2 is 1.80 bits per heavy atom. The fourth-order valence-corrected chi connectivity index (χ4v) is 4.43. The van der Waals surface area contributed by atoms with Gasteiger partial charge in [0.1, 0.15) is 0 Å². The lowest BCUT2D eigenvalue weighted by Gasteiger charge is -2.37. The van der Waals surface area contributed by atoms with Crippen LogP contribution in [0.3, 0.4) is 0 Å². The number of rotatable bonds is 4. The lowest BCUT2D eigenvalue weighted by molar-refractivity contribution is 0.187. The van der Waals surface area contributed by atoms with Crippen LogP contribution in [0.15, 0.2) is 24.3 Å². The smallest absolute Gasteiger partial charge is 0.218 e. The van der Waals surface area contributed by atoms with Crippen molar-refractivity contribution in [1.29, 1.82) is 0 Å². The SMILES string of the molecule is CC1(C)CCCN(S(=O)(=O)Cc2ccc(CN)cc2)C1. The summed E-state index contributed by atoms with van der Waals surface area (Å²) in [5.41, 5.74) is 7.47. The Labute approximate surface area is 122 Å². The summed E-state index contributed by atoms with van der Waals surface area (Å²) in [6, 6.07) is 7.50. The molecule has 20 heavy (non-hydrogen) atoms. The highest BCUT2D eigenvalue weighted by Gasteiger charge is 2.33. The number of nitrogens with two attached hydrogens (primary N) is 1. The predicted octanol–water partition coefficient (Wildman–Crippen LogP) is 2.10. The zero-order valence-electron chi connectivity index (χ0n) is 12.3. The first-order valence-corrected chi connectivity index (χ1v) is 8.69. The van der Waals surface area contributed by atoms with E-state index in [0.29, 0.717) is 19.6 Å². The molecule has 4 nitrogen and oxygen atoms in total.